The van der Waals surface area contributed by atoms with Gasteiger partial charge in [-0.3, -0.25) is 4.79 Å². The van der Waals surface area contributed by atoms with Crippen LogP contribution in [0.1, 0.15) is 44.1 Å². The molecule has 2 fully saturated rings. The maximum absolute atomic E-state index is 13.0. The van der Waals surface area contributed by atoms with Gasteiger partial charge in [0, 0.05) is 5.56 Å². The third-order valence-corrected chi connectivity index (χ3v) is 7.72. The Morgan fingerprint density at radius 2 is 1.82 bits per heavy atom. The molecule has 0 bridgehead atoms. The molecule has 0 saturated heterocycles. The van der Waals surface area contributed by atoms with E-state index in [0.717, 1.165) is 25.7 Å². The van der Waals surface area contributed by atoms with Gasteiger partial charge in [-0.1, -0.05) is 17.3 Å². The summed E-state index contributed by atoms with van der Waals surface area (Å²) in [6.07, 6.45) is 7.81. The number of ether oxygens (including phenoxy) is 1. The standard InChI is InChI=1S/C22H26N4O6S/c27-11-12-31-20-14-23-19(13-24-20)25-22(28)21(26-32-16-3-1-2-4-16)15-5-7-17(8-6-15)33(29,30)18-9-10-18/h5-8,13-14,16,18,27H,1-4,9-12H2,(H,23,25,28). The van der Waals surface area contributed by atoms with Gasteiger partial charge in [0.25, 0.3) is 5.91 Å². The minimum absolute atomic E-state index is 0.0136. The number of carbonyl (C=O) groups is 1. The van der Waals surface area contributed by atoms with E-state index >= 15 is 0 Å². The second-order valence-corrected chi connectivity index (χ2v) is 10.2. The number of hydrogen-bond acceptors (Lipinski definition) is 9. The highest BCUT2D eigenvalue weighted by Gasteiger charge is 2.36. The minimum Gasteiger partial charge on any atom is -0.474 e. The first-order valence-corrected chi connectivity index (χ1v) is 12.5. The zero-order chi connectivity index (χ0) is 23.3. The van der Waals surface area contributed by atoms with Crippen molar-refractivity contribution in [2.75, 3.05) is 18.5 Å². The number of nitrogens with one attached hydrogen (secondary N) is 1. The molecular weight excluding hydrogens is 448 g/mol. The average Bonchev–Trinajstić information content (AvgIpc) is 3.57. The fraction of sp³-hybridized carbons (Fsp3) is 0.455. The van der Waals surface area contributed by atoms with E-state index in [2.05, 4.69) is 20.4 Å². The number of carbonyl (C=O) groups excluding carboxylic acids is 1. The van der Waals surface area contributed by atoms with Crippen molar-refractivity contribution in [3.63, 3.8) is 0 Å². The number of hydrogen-bond donors (Lipinski definition) is 2. The van der Waals surface area contributed by atoms with E-state index in [4.69, 9.17) is 14.7 Å². The molecule has 0 atom stereocenters. The fourth-order valence-electron chi connectivity index (χ4n) is 3.50. The molecule has 2 N–H and O–H groups in total. The van der Waals surface area contributed by atoms with Crippen LogP contribution < -0.4 is 10.1 Å². The Hall–Kier alpha value is -3.05. The first-order chi connectivity index (χ1) is 16.0. The van der Waals surface area contributed by atoms with Gasteiger partial charge in [0.2, 0.25) is 5.88 Å². The van der Waals surface area contributed by atoms with Crippen molar-refractivity contribution in [1.82, 2.24) is 9.97 Å². The summed E-state index contributed by atoms with van der Waals surface area (Å²) in [4.78, 5) is 27.0. The molecule has 0 radical (unpaired) electrons. The molecule has 2 aromatic rings. The number of sulfone groups is 1. The summed E-state index contributed by atoms with van der Waals surface area (Å²) in [5.41, 5.74) is 0.441. The van der Waals surface area contributed by atoms with Crippen LogP contribution in [0.4, 0.5) is 5.82 Å². The highest BCUT2D eigenvalue weighted by atomic mass is 32.2. The maximum atomic E-state index is 13.0. The molecule has 0 aliphatic heterocycles. The second kappa shape index (κ2) is 10.3. The maximum Gasteiger partial charge on any atom is 0.279 e. The quantitative estimate of drug-likeness (QED) is 0.394. The molecule has 2 aliphatic carbocycles. The summed E-state index contributed by atoms with van der Waals surface area (Å²) >= 11 is 0. The van der Waals surface area contributed by atoms with Crippen LogP contribution in [0.25, 0.3) is 0 Å². The first-order valence-electron chi connectivity index (χ1n) is 10.9. The number of amides is 1. The molecule has 176 valence electrons. The number of anilines is 1. The van der Waals surface area contributed by atoms with Gasteiger partial charge in [-0.15, -0.1) is 0 Å². The summed E-state index contributed by atoms with van der Waals surface area (Å²) < 4.78 is 30.1. The van der Waals surface area contributed by atoms with E-state index in [1.54, 1.807) is 12.1 Å². The van der Waals surface area contributed by atoms with Crippen molar-refractivity contribution >= 4 is 27.3 Å². The van der Waals surface area contributed by atoms with Crippen molar-refractivity contribution in [2.24, 2.45) is 5.16 Å². The summed E-state index contributed by atoms with van der Waals surface area (Å²) in [6, 6.07) is 6.11. The predicted molar refractivity (Wildman–Crippen MR) is 120 cm³/mol. The van der Waals surface area contributed by atoms with E-state index in [1.165, 1.54) is 24.5 Å². The van der Waals surface area contributed by atoms with Gasteiger partial charge in [0.15, 0.2) is 21.4 Å². The van der Waals surface area contributed by atoms with Gasteiger partial charge in [-0.05, 0) is 50.7 Å². The number of benzene rings is 1. The highest BCUT2D eigenvalue weighted by molar-refractivity contribution is 7.92. The Labute approximate surface area is 192 Å². The molecule has 10 nitrogen and oxygen atoms in total. The van der Waals surface area contributed by atoms with Crippen molar-refractivity contribution in [3.05, 3.63) is 42.2 Å². The molecule has 0 unspecified atom stereocenters. The molecule has 0 spiro atoms. The molecule has 11 heteroatoms. The van der Waals surface area contributed by atoms with Crippen molar-refractivity contribution in [2.45, 2.75) is 54.8 Å². The van der Waals surface area contributed by atoms with Gasteiger partial charge in [-0.25, -0.2) is 18.4 Å². The number of aliphatic hydroxyl groups excluding tert-OH is 1. The van der Waals surface area contributed by atoms with Gasteiger partial charge in [-0.2, -0.15) is 0 Å². The van der Waals surface area contributed by atoms with Crippen LogP contribution in [0, 0.1) is 0 Å². The largest absolute Gasteiger partial charge is 0.474 e. The molecule has 33 heavy (non-hydrogen) atoms. The second-order valence-electron chi connectivity index (χ2n) is 7.99. The van der Waals surface area contributed by atoms with Crippen molar-refractivity contribution in [3.8, 4) is 5.88 Å². The summed E-state index contributed by atoms with van der Waals surface area (Å²) in [5, 5.41) is 15.2. The molecule has 1 heterocycles. The summed E-state index contributed by atoms with van der Waals surface area (Å²) in [5.74, 6) is -0.171. The smallest absolute Gasteiger partial charge is 0.279 e. The monoisotopic (exact) mass is 474 g/mol. The first kappa shape index (κ1) is 23.1. The SMILES string of the molecule is O=C(Nc1cnc(OCCO)cn1)C(=NOC1CCCC1)c1ccc(S(=O)(=O)C2CC2)cc1. The Balaban J connectivity index is 1.52. The van der Waals surface area contributed by atoms with Crippen LogP contribution in [0.5, 0.6) is 5.88 Å². The summed E-state index contributed by atoms with van der Waals surface area (Å²) in [7, 11) is -3.33. The minimum atomic E-state index is -3.33. The summed E-state index contributed by atoms with van der Waals surface area (Å²) in [6.45, 7) is -0.0656. The Bertz CT molecular complexity index is 1090. The number of aliphatic hydroxyl groups is 1. The predicted octanol–water partition coefficient (Wildman–Crippen LogP) is 2.09. The van der Waals surface area contributed by atoms with Crippen LogP contribution in [0.2, 0.25) is 0 Å². The number of nitrogens with zero attached hydrogens (tertiary/aromatic N) is 3. The Morgan fingerprint density at radius 3 is 2.42 bits per heavy atom. The Morgan fingerprint density at radius 1 is 1.09 bits per heavy atom. The van der Waals surface area contributed by atoms with E-state index in [-0.39, 0.29) is 46.9 Å². The number of aromatic nitrogens is 2. The van der Waals surface area contributed by atoms with Gasteiger partial charge < -0.3 is 20.0 Å². The zero-order valence-corrected chi connectivity index (χ0v) is 18.8. The van der Waals surface area contributed by atoms with E-state index in [9.17, 15) is 13.2 Å². The Kier molecular flexibility index (Phi) is 7.19. The van der Waals surface area contributed by atoms with Gasteiger partial charge in [0.1, 0.15) is 12.7 Å². The highest BCUT2D eigenvalue weighted by Crippen LogP contribution is 2.33. The molecule has 2 aliphatic rings. The molecule has 1 aromatic heterocycles. The lowest BCUT2D eigenvalue weighted by Crippen LogP contribution is -2.25. The van der Waals surface area contributed by atoms with Gasteiger partial charge in [0.05, 0.1) is 29.1 Å². The van der Waals surface area contributed by atoms with Crippen molar-refractivity contribution < 1.29 is 27.9 Å². The normalized spacial score (nSPS) is 17.1. The third kappa shape index (κ3) is 5.85. The van der Waals surface area contributed by atoms with E-state index < -0.39 is 15.7 Å². The third-order valence-electron chi connectivity index (χ3n) is 5.44. The molecule has 1 amide bonds. The lowest BCUT2D eigenvalue weighted by molar-refractivity contribution is -0.110. The zero-order valence-electron chi connectivity index (χ0n) is 18.0. The molecule has 4 rings (SSSR count). The average molecular weight is 475 g/mol. The van der Waals surface area contributed by atoms with E-state index in [0.29, 0.717) is 18.4 Å². The van der Waals surface area contributed by atoms with E-state index in [1.807, 2.05) is 0 Å². The molecular formula is C22H26N4O6S. The molecule has 2 saturated carbocycles. The van der Waals surface area contributed by atoms with Crippen LogP contribution in [0.3, 0.4) is 0 Å². The van der Waals surface area contributed by atoms with Gasteiger partial charge >= 0.3 is 0 Å². The topological polar surface area (TPSA) is 140 Å². The molecule has 1 aromatic carbocycles. The van der Waals surface area contributed by atoms with Crippen LogP contribution in [0.15, 0.2) is 46.7 Å². The van der Waals surface area contributed by atoms with Crippen LogP contribution in [-0.4, -0.2) is 59.7 Å². The number of rotatable bonds is 10. The van der Waals surface area contributed by atoms with Crippen molar-refractivity contribution in [1.29, 1.82) is 0 Å². The van der Waals surface area contributed by atoms with Crippen LogP contribution >= 0.6 is 0 Å². The fourth-order valence-corrected chi connectivity index (χ4v) is 5.16. The lowest BCUT2D eigenvalue weighted by Gasteiger charge is -2.12. The van der Waals surface area contributed by atoms with Crippen LogP contribution in [-0.2, 0) is 19.5 Å². The number of oxime groups is 1. The lowest BCUT2D eigenvalue weighted by atomic mass is 10.1.